The second-order valence-electron chi connectivity index (χ2n) is 6.95. The van der Waals surface area contributed by atoms with Crippen molar-refractivity contribution in [1.82, 2.24) is 20.4 Å². The smallest absolute Gasteiger partial charge is 0.251 e. The van der Waals surface area contributed by atoms with Crippen molar-refractivity contribution in [3.63, 3.8) is 0 Å². The zero-order chi connectivity index (χ0) is 17.6. The van der Waals surface area contributed by atoms with Crippen molar-refractivity contribution in [2.45, 2.75) is 44.6 Å². The van der Waals surface area contributed by atoms with Gasteiger partial charge >= 0.3 is 0 Å². The molecule has 2 N–H and O–H groups in total. The Morgan fingerprint density at radius 2 is 1.96 bits per heavy atom. The van der Waals surface area contributed by atoms with Gasteiger partial charge in [0.05, 0.1) is 5.52 Å². The third kappa shape index (κ3) is 2.93. The molecule has 2 aliphatic rings. The van der Waals surface area contributed by atoms with Crippen LogP contribution >= 0.6 is 11.6 Å². The van der Waals surface area contributed by atoms with Gasteiger partial charge in [-0.3, -0.25) is 19.6 Å². The summed E-state index contributed by atoms with van der Waals surface area (Å²) >= 11 is 6.39. The number of carbonyl (C=O) groups is 2. The van der Waals surface area contributed by atoms with Crippen LogP contribution in [0.1, 0.15) is 48.8 Å². The number of carbonyl (C=O) groups excluding carboxylic acids is 2. The average Bonchev–Trinajstić information content (AvgIpc) is 2.91. The number of nitrogens with one attached hydrogen (secondary N) is 2. The maximum atomic E-state index is 12.2. The van der Waals surface area contributed by atoms with Crippen LogP contribution in [0, 0.1) is 6.92 Å². The third-order valence-corrected chi connectivity index (χ3v) is 5.61. The second kappa shape index (κ2) is 6.42. The first-order chi connectivity index (χ1) is 12.0. The average molecular weight is 361 g/mol. The van der Waals surface area contributed by atoms with Crippen molar-refractivity contribution in [2.75, 3.05) is 13.1 Å². The summed E-state index contributed by atoms with van der Waals surface area (Å²) in [5.41, 5.74) is 3.37. The van der Waals surface area contributed by atoms with Crippen molar-refractivity contribution in [1.29, 1.82) is 0 Å². The third-order valence-electron chi connectivity index (χ3n) is 5.33. The molecule has 1 aromatic heterocycles. The van der Waals surface area contributed by atoms with E-state index in [9.17, 15) is 9.59 Å². The van der Waals surface area contributed by atoms with Gasteiger partial charge in [0.25, 0.3) is 5.91 Å². The fourth-order valence-corrected chi connectivity index (χ4v) is 4.23. The molecule has 4 rings (SSSR count). The predicted molar refractivity (Wildman–Crippen MR) is 95.7 cm³/mol. The number of amides is 2. The molecule has 0 saturated carbocycles. The summed E-state index contributed by atoms with van der Waals surface area (Å²) in [4.78, 5) is 23.6. The van der Waals surface area contributed by atoms with Gasteiger partial charge < -0.3 is 5.32 Å². The molecule has 2 fully saturated rings. The van der Waals surface area contributed by atoms with Gasteiger partial charge in [-0.25, -0.2) is 0 Å². The number of hydrogen-bond donors (Lipinski definition) is 2. The van der Waals surface area contributed by atoms with Crippen LogP contribution in [-0.2, 0) is 9.59 Å². The summed E-state index contributed by atoms with van der Waals surface area (Å²) in [7, 11) is 0. The van der Waals surface area contributed by atoms with Gasteiger partial charge in [0, 0.05) is 11.8 Å². The van der Waals surface area contributed by atoms with Crippen LogP contribution in [0.4, 0.5) is 0 Å². The van der Waals surface area contributed by atoms with Gasteiger partial charge in [0.1, 0.15) is 6.04 Å². The molecule has 3 heterocycles. The van der Waals surface area contributed by atoms with E-state index < -0.39 is 6.04 Å². The maximum Gasteiger partial charge on any atom is 0.251 e. The standard InChI is InChI=1S/C18H21ClN4O2/c1-10-8-15-13(9-12(10)11-4-6-20-7-5-11)17(19)22-23(15)14-2-3-16(24)21-18(14)25/h8-9,11,14,20H,2-7H2,1H3,(H,21,24,25). The monoisotopic (exact) mass is 360 g/mol. The molecular weight excluding hydrogens is 340 g/mol. The summed E-state index contributed by atoms with van der Waals surface area (Å²) in [6, 6.07) is 3.73. The van der Waals surface area contributed by atoms with Crippen LogP contribution in [0.3, 0.4) is 0 Å². The largest absolute Gasteiger partial charge is 0.317 e. The lowest BCUT2D eigenvalue weighted by atomic mass is 9.87. The lowest BCUT2D eigenvalue weighted by molar-refractivity contribution is -0.135. The number of benzene rings is 1. The fourth-order valence-electron chi connectivity index (χ4n) is 3.99. The van der Waals surface area contributed by atoms with Crippen molar-refractivity contribution in [2.24, 2.45) is 0 Å². The van der Waals surface area contributed by atoms with Crippen molar-refractivity contribution >= 4 is 34.3 Å². The summed E-state index contributed by atoms with van der Waals surface area (Å²) in [6.45, 7) is 4.17. The van der Waals surface area contributed by atoms with Gasteiger partial charge in [-0.15, -0.1) is 0 Å². The predicted octanol–water partition coefficient (Wildman–Crippen LogP) is 2.44. The van der Waals surface area contributed by atoms with Gasteiger partial charge in [-0.2, -0.15) is 5.10 Å². The van der Waals surface area contributed by atoms with E-state index in [0.717, 1.165) is 36.8 Å². The minimum atomic E-state index is -0.489. The van der Waals surface area contributed by atoms with E-state index in [1.807, 2.05) is 0 Å². The van der Waals surface area contributed by atoms with Crippen molar-refractivity contribution in [3.8, 4) is 0 Å². The zero-order valence-corrected chi connectivity index (χ0v) is 14.9. The van der Waals surface area contributed by atoms with Crippen LogP contribution < -0.4 is 10.6 Å². The molecule has 6 nitrogen and oxygen atoms in total. The molecule has 2 saturated heterocycles. The molecule has 25 heavy (non-hydrogen) atoms. The van der Waals surface area contributed by atoms with E-state index >= 15 is 0 Å². The zero-order valence-electron chi connectivity index (χ0n) is 14.1. The minimum Gasteiger partial charge on any atom is -0.317 e. The molecule has 7 heteroatoms. The van der Waals surface area contributed by atoms with E-state index in [0.29, 0.717) is 23.9 Å². The minimum absolute atomic E-state index is 0.229. The molecule has 0 bridgehead atoms. The summed E-state index contributed by atoms with van der Waals surface area (Å²) in [6.07, 6.45) is 3.00. The molecular formula is C18H21ClN4O2. The molecule has 0 radical (unpaired) electrons. The number of piperidine rings is 2. The quantitative estimate of drug-likeness (QED) is 0.806. The number of halogens is 1. The summed E-state index contributed by atoms with van der Waals surface area (Å²) in [5, 5.41) is 11.5. The highest BCUT2D eigenvalue weighted by Gasteiger charge is 2.31. The second-order valence-corrected chi connectivity index (χ2v) is 7.31. The van der Waals surface area contributed by atoms with E-state index in [-0.39, 0.29) is 11.8 Å². The van der Waals surface area contributed by atoms with Crippen molar-refractivity contribution < 1.29 is 9.59 Å². The first kappa shape index (κ1) is 16.5. The fraction of sp³-hybridized carbons (Fsp3) is 0.500. The molecule has 2 aliphatic heterocycles. The Morgan fingerprint density at radius 3 is 2.68 bits per heavy atom. The molecule has 1 unspecified atom stereocenters. The summed E-state index contributed by atoms with van der Waals surface area (Å²) < 4.78 is 1.68. The molecule has 2 aromatic rings. The number of aryl methyl sites for hydroxylation is 1. The van der Waals surface area contributed by atoms with E-state index in [1.165, 1.54) is 11.1 Å². The lowest BCUT2D eigenvalue weighted by Crippen LogP contribution is -2.42. The van der Waals surface area contributed by atoms with Crippen LogP contribution in [0.5, 0.6) is 0 Å². The lowest BCUT2D eigenvalue weighted by Gasteiger charge is -2.25. The van der Waals surface area contributed by atoms with Gasteiger partial charge in [0.15, 0.2) is 5.15 Å². The first-order valence-corrected chi connectivity index (χ1v) is 9.15. The van der Waals surface area contributed by atoms with E-state index in [1.54, 1.807) is 4.68 Å². The number of imide groups is 1. The number of rotatable bonds is 2. The van der Waals surface area contributed by atoms with Crippen LogP contribution in [0.15, 0.2) is 12.1 Å². The Bertz CT molecular complexity index is 854. The highest BCUT2D eigenvalue weighted by Crippen LogP contribution is 2.35. The highest BCUT2D eigenvalue weighted by molar-refractivity contribution is 6.34. The SMILES string of the molecule is Cc1cc2c(cc1C1CCNCC1)c(Cl)nn2C1CCC(=O)NC1=O. The molecule has 0 aliphatic carbocycles. The number of aromatic nitrogens is 2. The van der Waals surface area contributed by atoms with Gasteiger partial charge in [-0.1, -0.05) is 11.6 Å². The Hall–Kier alpha value is -1.92. The Balaban J connectivity index is 1.76. The van der Waals surface area contributed by atoms with Gasteiger partial charge in [0.2, 0.25) is 5.91 Å². The van der Waals surface area contributed by atoms with Crippen LogP contribution in [0.2, 0.25) is 5.15 Å². The van der Waals surface area contributed by atoms with E-state index in [2.05, 4.69) is 34.8 Å². The molecule has 1 atom stereocenters. The molecule has 1 aromatic carbocycles. The van der Waals surface area contributed by atoms with Crippen molar-refractivity contribution in [3.05, 3.63) is 28.4 Å². The number of fused-ring (bicyclic) bond motifs is 1. The van der Waals surface area contributed by atoms with Gasteiger partial charge in [-0.05, 0) is 68.5 Å². The Kier molecular flexibility index (Phi) is 4.25. The molecule has 0 spiro atoms. The molecule has 132 valence electrons. The van der Waals surface area contributed by atoms with Crippen LogP contribution in [0.25, 0.3) is 10.9 Å². The number of nitrogens with zero attached hydrogens (tertiary/aromatic N) is 2. The Morgan fingerprint density at radius 1 is 1.20 bits per heavy atom. The maximum absolute atomic E-state index is 12.2. The normalized spacial score (nSPS) is 22.4. The Labute approximate surface area is 150 Å². The van der Waals surface area contributed by atoms with E-state index in [4.69, 9.17) is 11.6 Å². The topological polar surface area (TPSA) is 76.0 Å². The molecule has 2 amide bonds. The van der Waals surface area contributed by atoms with Crippen LogP contribution in [-0.4, -0.2) is 34.7 Å². The number of hydrogen-bond acceptors (Lipinski definition) is 4. The highest BCUT2D eigenvalue weighted by atomic mass is 35.5. The first-order valence-electron chi connectivity index (χ1n) is 8.77. The summed E-state index contributed by atoms with van der Waals surface area (Å²) in [5.74, 6) is -0.00810.